The minimum atomic E-state index is -4.80. The molecule has 0 unspecified atom stereocenters. The molecule has 0 saturated carbocycles. The molecule has 6 heterocycles. The quantitative estimate of drug-likeness (QED) is 0.0923. The van der Waals surface area contributed by atoms with Crippen LogP contribution in [0, 0.1) is 11.8 Å². The highest BCUT2D eigenvalue weighted by Crippen LogP contribution is 2.36. The number of hydrogen-bond acceptors (Lipinski definition) is 9. The lowest BCUT2D eigenvalue weighted by Gasteiger charge is -2.31. The van der Waals surface area contributed by atoms with E-state index in [1.165, 1.54) is 55.9 Å². The Kier molecular flexibility index (Phi) is 17.0. The van der Waals surface area contributed by atoms with Crippen molar-refractivity contribution in [3.05, 3.63) is 115 Å². The second kappa shape index (κ2) is 22.7. The Balaban J connectivity index is 0.000000214. The summed E-state index contributed by atoms with van der Waals surface area (Å²) in [5, 5.41) is 11.1. The van der Waals surface area contributed by atoms with E-state index in [0.29, 0.717) is 96.9 Å². The summed E-state index contributed by atoms with van der Waals surface area (Å²) in [5.74, 6) is -2.31. The first kappa shape index (κ1) is 54.8. The zero-order valence-corrected chi connectivity index (χ0v) is 42.2. The third-order valence-corrected chi connectivity index (χ3v) is 14.4. The van der Waals surface area contributed by atoms with Gasteiger partial charge in [0.05, 0.1) is 38.2 Å². The third-order valence-electron chi connectivity index (χ3n) is 12.9. The van der Waals surface area contributed by atoms with Gasteiger partial charge in [0.1, 0.15) is 22.9 Å². The van der Waals surface area contributed by atoms with Crippen LogP contribution in [0.5, 0.6) is 11.5 Å². The van der Waals surface area contributed by atoms with Gasteiger partial charge in [-0.15, -0.1) is 26.3 Å². The van der Waals surface area contributed by atoms with Gasteiger partial charge in [0.2, 0.25) is 0 Å². The van der Waals surface area contributed by atoms with E-state index in [-0.39, 0.29) is 91.9 Å². The summed E-state index contributed by atoms with van der Waals surface area (Å²) >= 11 is 26.0. The van der Waals surface area contributed by atoms with E-state index in [0.717, 1.165) is 5.69 Å². The number of carbonyl (C=O) groups excluding carboxylic acids is 3. The molecule has 4 aromatic heterocycles. The summed E-state index contributed by atoms with van der Waals surface area (Å²) in [6.45, 7) is 1.72. The maximum Gasteiger partial charge on any atom is 0.573 e. The van der Waals surface area contributed by atoms with Gasteiger partial charge in [-0.2, -0.15) is 0 Å². The number of aryl methyl sites for hydroxylation is 2. The second-order valence-electron chi connectivity index (χ2n) is 17.6. The van der Waals surface area contributed by atoms with Crippen molar-refractivity contribution in [2.24, 2.45) is 25.9 Å². The van der Waals surface area contributed by atoms with Gasteiger partial charge < -0.3 is 38.3 Å². The normalized spacial score (nSPS) is 14.8. The number of piperidine rings is 2. The van der Waals surface area contributed by atoms with Crippen LogP contribution in [0.4, 0.5) is 26.3 Å². The van der Waals surface area contributed by atoms with E-state index in [1.807, 2.05) is 6.07 Å². The van der Waals surface area contributed by atoms with Crippen LogP contribution in [-0.2, 0) is 41.3 Å². The number of carbonyl (C=O) groups is 4. The molecular weight excluding hydrogens is 1060 g/mol. The molecule has 24 heteroatoms. The standard InChI is InChI=1S/C25H24Cl2F3N3O4.C24H22Cl2F3N3O4/c1-32-16(10-15-3-4-17(12-20(15)32)37-25(28,29)30)11-18-19(26)13-31-23(22(18)27)24(35)33-7-5-14(6-8-33)9-21(34)36-2;1-31-15(9-14-2-3-16(11-19(14)31)36-24(27,28)29)10-17-18(25)12-30-22(21(17)26)23(35)32-6-4-13(5-7-32)8-20(33)34/h3-4,10,12-14H,5-9,11H2,1-2H3;2-3,9,11-13H,4-8,10H2,1H3,(H,33,34). The summed E-state index contributed by atoms with van der Waals surface area (Å²) < 4.78 is 91.9. The molecule has 2 aromatic carbocycles. The number of ether oxygens (including phenoxy) is 3. The monoisotopic (exact) mass is 1100 g/mol. The molecule has 2 amide bonds. The van der Waals surface area contributed by atoms with E-state index in [2.05, 4.69) is 19.4 Å². The Morgan fingerprint density at radius 2 is 1.01 bits per heavy atom. The SMILES string of the molecule is COC(=O)CC1CCN(C(=O)c2ncc(Cl)c(Cc3cc4ccc(OC(F)(F)F)cc4n3C)c2Cl)CC1.Cn1c(Cc2c(Cl)cnc(C(=O)N3CCC(CC(=O)O)CC3)c2Cl)cc2ccc(OC(F)(F)F)cc21. The van der Waals surface area contributed by atoms with Crippen molar-refractivity contribution in [3.8, 4) is 11.5 Å². The highest BCUT2D eigenvalue weighted by atomic mass is 35.5. The van der Waals surface area contributed by atoms with E-state index in [9.17, 15) is 45.5 Å². The Bertz CT molecular complexity index is 3060. The number of halogens is 10. The van der Waals surface area contributed by atoms with E-state index in [4.69, 9.17) is 56.2 Å². The number of alkyl halides is 6. The van der Waals surface area contributed by atoms with Gasteiger partial charge >= 0.3 is 24.7 Å². The van der Waals surface area contributed by atoms with Gasteiger partial charge in [0.15, 0.2) is 0 Å². The fraction of sp³-hybridized carbons (Fsp3) is 0.388. The van der Waals surface area contributed by atoms with Gasteiger partial charge in [-0.05, 0) is 85.0 Å². The predicted octanol–water partition coefficient (Wildman–Crippen LogP) is 11.5. The molecule has 6 aromatic rings. The molecule has 0 spiro atoms. The molecule has 2 aliphatic rings. The van der Waals surface area contributed by atoms with E-state index >= 15 is 0 Å². The molecule has 73 heavy (non-hydrogen) atoms. The van der Waals surface area contributed by atoms with Crippen LogP contribution in [0.2, 0.25) is 20.1 Å². The molecule has 0 aliphatic carbocycles. The minimum Gasteiger partial charge on any atom is -0.481 e. The number of esters is 1. The number of aromatic nitrogens is 4. The van der Waals surface area contributed by atoms with Crippen molar-refractivity contribution < 1.29 is 64.8 Å². The van der Waals surface area contributed by atoms with Crippen molar-refractivity contribution in [3.63, 3.8) is 0 Å². The molecular formula is C49H46Cl4F6N6O8. The average molecular weight is 1100 g/mol. The number of amides is 2. The van der Waals surface area contributed by atoms with Gasteiger partial charge in [0.25, 0.3) is 11.8 Å². The van der Waals surface area contributed by atoms with Crippen molar-refractivity contribution in [1.29, 1.82) is 0 Å². The van der Waals surface area contributed by atoms with Crippen LogP contribution in [0.3, 0.4) is 0 Å². The first-order valence-electron chi connectivity index (χ1n) is 22.6. The molecule has 2 fully saturated rings. The number of carboxylic acid groups (broad SMARTS) is 1. The van der Waals surface area contributed by atoms with Crippen molar-refractivity contribution in [2.75, 3.05) is 33.3 Å². The zero-order chi connectivity index (χ0) is 53.1. The number of aliphatic carboxylic acids is 1. The van der Waals surface area contributed by atoms with Crippen LogP contribution in [0.1, 0.15) is 82.0 Å². The zero-order valence-electron chi connectivity index (χ0n) is 39.2. The molecule has 0 bridgehead atoms. The number of methoxy groups -OCH3 is 1. The molecule has 2 aliphatic heterocycles. The van der Waals surface area contributed by atoms with Crippen molar-refractivity contribution in [2.45, 2.75) is 64.1 Å². The summed E-state index contributed by atoms with van der Waals surface area (Å²) in [7, 11) is 4.76. The minimum absolute atomic E-state index is 0.0179. The van der Waals surface area contributed by atoms with Crippen LogP contribution in [-0.4, -0.2) is 104 Å². The van der Waals surface area contributed by atoms with Crippen LogP contribution in [0.15, 0.2) is 60.9 Å². The summed E-state index contributed by atoms with van der Waals surface area (Å²) in [6.07, 6.45) is -3.57. The Morgan fingerprint density at radius 1 is 0.630 bits per heavy atom. The van der Waals surface area contributed by atoms with Crippen molar-refractivity contribution >= 4 is 92.0 Å². The maximum atomic E-state index is 13.2. The number of hydrogen-bond donors (Lipinski definition) is 1. The fourth-order valence-electron chi connectivity index (χ4n) is 9.01. The number of benzene rings is 2. The number of rotatable bonds is 12. The lowest BCUT2D eigenvalue weighted by Crippen LogP contribution is -2.39. The molecule has 2 saturated heterocycles. The maximum absolute atomic E-state index is 13.2. The largest absolute Gasteiger partial charge is 0.573 e. The fourth-order valence-corrected chi connectivity index (χ4v) is 10.1. The van der Waals surface area contributed by atoms with Crippen molar-refractivity contribution in [1.82, 2.24) is 28.9 Å². The number of carboxylic acids is 1. The number of nitrogens with zero attached hydrogens (tertiary/aromatic N) is 6. The highest BCUT2D eigenvalue weighted by Gasteiger charge is 2.34. The molecule has 14 nitrogen and oxygen atoms in total. The van der Waals surface area contributed by atoms with Gasteiger partial charge in [-0.25, -0.2) is 9.97 Å². The lowest BCUT2D eigenvalue weighted by molar-refractivity contribution is -0.275. The lowest BCUT2D eigenvalue weighted by atomic mass is 9.93. The van der Waals surface area contributed by atoms with E-state index in [1.54, 1.807) is 39.1 Å². The average Bonchev–Trinajstić information content (AvgIpc) is 3.81. The summed E-state index contributed by atoms with van der Waals surface area (Å²) in [4.78, 5) is 60.4. The van der Waals surface area contributed by atoms with Gasteiger partial charge in [-0.3, -0.25) is 19.2 Å². The Morgan fingerprint density at radius 3 is 1.37 bits per heavy atom. The van der Waals surface area contributed by atoms with Crippen LogP contribution < -0.4 is 9.47 Å². The first-order chi connectivity index (χ1) is 34.4. The van der Waals surface area contributed by atoms with Crippen LogP contribution in [0.25, 0.3) is 21.8 Å². The highest BCUT2D eigenvalue weighted by molar-refractivity contribution is 6.38. The number of likely N-dealkylation sites (tertiary alicyclic amines) is 2. The van der Waals surface area contributed by atoms with Gasteiger partial charge in [0, 0.05) is 113 Å². The van der Waals surface area contributed by atoms with E-state index < -0.39 is 18.7 Å². The number of pyridine rings is 2. The predicted molar refractivity (Wildman–Crippen MR) is 259 cm³/mol. The van der Waals surface area contributed by atoms with Crippen LogP contribution >= 0.6 is 46.4 Å². The van der Waals surface area contributed by atoms with Gasteiger partial charge in [-0.1, -0.05) is 46.4 Å². The number of fused-ring (bicyclic) bond motifs is 2. The smallest absolute Gasteiger partial charge is 0.481 e. The summed E-state index contributed by atoms with van der Waals surface area (Å²) in [6, 6.07) is 11.8. The summed E-state index contributed by atoms with van der Waals surface area (Å²) in [5.41, 5.74) is 3.56. The molecule has 8 rings (SSSR count). The Hall–Kier alpha value is -5.96. The second-order valence-corrected chi connectivity index (χ2v) is 19.2. The first-order valence-corrected chi connectivity index (χ1v) is 24.1. The molecule has 0 radical (unpaired) electrons. The topological polar surface area (TPSA) is 158 Å². The third kappa shape index (κ3) is 13.4. The Labute approximate surface area is 433 Å². The molecule has 390 valence electrons. The molecule has 1 N–H and O–H groups in total. The molecule has 0 atom stereocenters.